The van der Waals surface area contributed by atoms with E-state index < -0.39 is 21.5 Å². The standard InChI is InChI=1S/C14H15ClN2O5S/c1-22-12-7-13(19)17(16-14(12)15)8-11(18)9-3-5-10(6-4-9)23(2,20)21/h3-7,11,18H,8H2,1-2H3. The van der Waals surface area contributed by atoms with Crippen LogP contribution in [0.5, 0.6) is 5.75 Å². The molecule has 1 atom stereocenters. The van der Waals surface area contributed by atoms with Crippen molar-refractivity contribution in [2.45, 2.75) is 17.5 Å². The van der Waals surface area contributed by atoms with Gasteiger partial charge in [-0.3, -0.25) is 4.79 Å². The van der Waals surface area contributed by atoms with Crippen molar-refractivity contribution in [2.75, 3.05) is 13.4 Å². The van der Waals surface area contributed by atoms with Crippen molar-refractivity contribution < 1.29 is 18.3 Å². The molecule has 0 saturated carbocycles. The molecule has 0 radical (unpaired) electrons. The highest BCUT2D eigenvalue weighted by atomic mass is 35.5. The fourth-order valence-corrected chi connectivity index (χ4v) is 2.78. The van der Waals surface area contributed by atoms with E-state index in [1.165, 1.54) is 37.4 Å². The van der Waals surface area contributed by atoms with Crippen molar-refractivity contribution in [3.8, 4) is 5.75 Å². The van der Waals surface area contributed by atoms with E-state index in [0.29, 0.717) is 5.56 Å². The predicted octanol–water partition coefficient (Wildman–Crippen LogP) is 1.04. The van der Waals surface area contributed by atoms with Gasteiger partial charge in [0.05, 0.1) is 30.7 Å². The van der Waals surface area contributed by atoms with E-state index in [0.717, 1.165) is 10.9 Å². The molecule has 0 spiro atoms. The van der Waals surface area contributed by atoms with Crippen LogP contribution in [0.1, 0.15) is 11.7 Å². The SMILES string of the molecule is COc1cc(=O)n(CC(O)c2ccc(S(C)(=O)=O)cc2)nc1Cl. The molecule has 0 aliphatic heterocycles. The topological polar surface area (TPSA) is 98.5 Å². The number of nitrogens with zero attached hydrogens (tertiary/aromatic N) is 2. The Bertz CT molecular complexity index is 862. The molecular weight excluding hydrogens is 344 g/mol. The van der Waals surface area contributed by atoms with Gasteiger partial charge < -0.3 is 9.84 Å². The average Bonchev–Trinajstić information content (AvgIpc) is 2.49. The van der Waals surface area contributed by atoms with E-state index in [1.54, 1.807) is 0 Å². The third kappa shape index (κ3) is 4.10. The maximum absolute atomic E-state index is 11.9. The van der Waals surface area contributed by atoms with Crippen LogP contribution in [0.4, 0.5) is 0 Å². The first-order valence-corrected chi connectivity index (χ1v) is 8.79. The number of aliphatic hydroxyl groups excluding tert-OH is 1. The molecule has 23 heavy (non-hydrogen) atoms. The molecule has 1 aromatic heterocycles. The third-order valence-electron chi connectivity index (χ3n) is 3.18. The van der Waals surface area contributed by atoms with Gasteiger partial charge in [0, 0.05) is 6.26 Å². The minimum absolute atomic E-state index is 0.00623. The first-order chi connectivity index (χ1) is 10.7. The van der Waals surface area contributed by atoms with Crippen molar-refractivity contribution >= 4 is 21.4 Å². The smallest absolute Gasteiger partial charge is 0.270 e. The summed E-state index contributed by atoms with van der Waals surface area (Å²) in [7, 11) is -1.94. The van der Waals surface area contributed by atoms with Crippen LogP contribution in [0.25, 0.3) is 0 Å². The van der Waals surface area contributed by atoms with E-state index in [-0.39, 0.29) is 22.3 Å². The first-order valence-electron chi connectivity index (χ1n) is 6.52. The molecule has 0 bridgehead atoms. The molecular formula is C14H15ClN2O5S. The molecule has 0 fully saturated rings. The zero-order valence-electron chi connectivity index (χ0n) is 12.4. The molecule has 124 valence electrons. The Morgan fingerprint density at radius 3 is 2.48 bits per heavy atom. The summed E-state index contributed by atoms with van der Waals surface area (Å²) in [5.41, 5.74) is -0.0175. The molecule has 0 amide bonds. The van der Waals surface area contributed by atoms with Gasteiger partial charge in [-0.2, -0.15) is 5.10 Å². The number of hydrogen-bond acceptors (Lipinski definition) is 6. The van der Waals surface area contributed by atoms with Gasteiger partial charge in [-0.15, -0.1) is 0 Å². The van der Waals surface area contributed by atoms with Crippen molar-refractivity contribution in [1.82, 2.24) is 9.78 Å². The lowest BCUT2D eigenvalue weighted by Crippen LogP contribution is -2.25. The van der Waals surface area contributed by atoms with E-state index in [2.05, 4.69) is 5.10 Å². The van der Waals surface area contributed by atoms with Crippen molar-refractivity contribution in [3.63, 3.8) is 0 Å². The number of ether oxygens (including phenoxy) is 1. The maximum Gasteiger partial charge on any atom is 0.270 e. The molecule has 2 aromatic rings. The molecule has 0 aliphatic rings. The van der Waals surface area contributed by atoms with Crippen LogP contribution in [0.2, 0.25) is 5.15 Å². The summed E-state index contributed by atoms with van der Waals surface area (Å²) in [6, 6.07) is 6.93. The van der Waals surface area contributed by atoms with Gasteiger partial charge in [0.25, 0.3) is 5.56 Å². The molecule has 0 aliphatic carbocycles. The summed E-state index contributed by atoms with van der Waals surface area (Å²) in [6.07, 6.45) is 0.0552. The van der Waals surface area contributed by atoms with Crippen LogP contribution >= 0.6 is 11.6 Å². The Balaban J connectivity index is 2.24. The zero-order chi connectivity index (χ0) is 17.2. The van der Waals surface area contributed by atoms with Crippen LogP contribution < -0.4 is 10.3 Å². The fraction of sp³-hybridized carbons (Fsp3) is 0.286. The van der Waals surface area contributed by atoms with Crippen molar-refractivity contribution in [1.29, 1.82) is 0 Å². The molecule has 1 aromatic carbocycles. The molecule has 7 nitrogen and oxygen atoms in total. The van der Waals surface area contributed by atoms with Gasteiger partial charge >= 0.3 is 0 Å². The summed E-state index contributed by atoms with van der Waals surface area (Å²) >= 11 is 5.86. The number of aromatic nitrogens is 2. The van der Waals surface area contributed by atoms with Crippen molar-refractivity contribution in [2.24, 2.45) is 0 Å². The highest BCUT2D eigenvalue weighted by Crippen LogP contribution is 2.20. The monoisotopic (exact) mass is 358 g/mol. The van der Waals surface area contributed by atoms with Crippen LogP contribution in [0.3, 0.4) is 0 Å². The number of benzene rings is 1. The molecule has 0 saturated heterocycles. The van der Waals surface area contributed by atoms with E-state index in [9.17, 15) is 18.3 Å². The minimum atomic E-state index is -3.30. The Hall–Kier alpha value is -1.90. The van der Waals surface area contributed by atoms with Gasteiger partial charge in [0.15, 0.2) is 20.7 Å². The van der Waals surface area contributed by atoms with E-state index in [4.69, 9.17) is 16.3 Å². The third-order valence-corrected chi connectivity index (χ3v) is 4.57. The van der Waals surface area contributed by atoms with Crippen LogP contribution in [-0.4, -0.2) is 36.7 Å². The maximum atomic E-state index is 11.9. The largest absolute Gasteiger partial charge is 0.493 e. The molecule has 2 rings (SSSR count). The fourth-order valence-electron chi connectivity index (χ4n) is 1.93. The number of sulfone groups is 1. The second-order valence-corrected chi connectivity index (χ2v) is 7.25. The van der Waals surface area contributed by atoms with Gasteiger partial charge in [-0.25, -0.2) is 13.1 Å². The predicted molar refractivity (Wildman–Crippen MR) is 84.6 cm³/mol. The Morgan fingerprint density at radius 2 is 1.96 bits per heavy atom. The van der Waals surface area contributed by atoms with E-state index >= 15 is 0 Å². The zero-order valence-corrected chi connectivity index (χ0v) is 14.0. The van der Waals surface area contributed by atoms with Gasteiger partial charge in [-0.05, 0) is 17.7 Å². The Labute approximate surface area is 138 Å². The second-order valence-electron chi connectivity index (χ2n) is 4.88. The Morgan fingerprint density at radius 1 is 1.35 bits per heavy atom. The number of halogens is 1. The van der Waals surface area contributed by atoms with Crippen LogP contribution in [-0.2, 0) is 16.4 Å². The molecule has 1 unspecified atom stereocenters. The highest BCUT2D eigenvalue weighted by molar-refractivity contribution is 7.90. The van der Waals surface area contributed by atoms with Crippen LogP contribution in [0, 0.1) is 0 Å². The molecule has 9 heteroatoms. The lowest BCUT2D eigenvalue weighted by Gasteiger charge is -2.13. The van der Waals surface area contributed by atoms with Gasteiger partial charge in [0.2, 0.25) is 0 Å². The lowest BCUT2D eigenvalue weighted by molar-refractivity contribution is 0.149. The average molecular weight is 359 g/mol. The lowest BCUT2D eigenvalue weighted by atomic mass is 10.1. The van der Waals surface area contributed by atoms with E-state index in [1.807, 2.05) is 0 Å². The Kier molecular flexibility index (Phi) is 5.08. The number of methoxy groups -OCH3 is 1. The molecule has 1 heterocycles. The summed E-state index contributed by atoms with van der Waals surface area (Å²) in [5.74, 6) is 0.153. The highest BCUT2D eigenvalue weighted by Gasteiger charge is 2.14. The van der Waals surface area contributed by atoms with Crippen LogP contribution in [0.15, 0.2) is 40.0 Å². The van der Waals surface area contributed by atoms with Gasteiger partial charge in [-0.1, -0.05) is 23.7 Å². The number of hydrogen-bond donors (Lipinski definition) is 1. The number of aliphatic hydroxyl groups is 1. The number of rotatable bonds is 5. The molecule has 1 N–H and O–H groups in total. The normalized spacial score (nSPS) is 12.9. The summed E-state index contributed by atoms with van der Waals surface area (Å²) in [5, 5.41) is 14.0. The second kappa shape index (κ2) is 6.69. The summed E-state index contributed by atoms with van der Waals surface area (Å²) in [4.78, 5) is 12.0. The van der Waals surface area contributed by atoms with Gasteiger partial charge in [0.1, 0.15) is 0 Å². The summed E-state index contributed by atoms with van der Waals surface area (Å²) < 4.78 is 28.7. The minimum Gasteiger partial charge on any atom is -0.493 e. The first kappa shape index (κ1) is 17.5. The quantitative estimate of drug-likeness (QED) is 0.857. The summed E-state index contributed by atoms with van der Waals surface area (Å²) in [6.45, 7) is -0.124. The van der Waals surface area contributed by atoms with Crippen molar-refractivity contribution in [3.05, 3.63) is 51.4 Å².